The molecule has 0 aliphatic heterocycles. The van der Waals surface area contributed by atoms with Crippen LogP contribution in [0.25, 0.3) is 10.7 Å². The lowest BCUT2D eigenvalue weighted by Gasteiger charge is -2.04. The van der Waals surface area contributed by atoms with Gasteiger partial charge in [-0.15, -0.1) is 11.3 Å². The molecular weight excluding hydrogens is 298 g/mol. The molecular formula is C12H14BrN3S. The quantitative estimate of drug-likeness (QED) is 0.934. The van der Waals surface area contributed by atoms with E-state index in [2.05, 4.69) is 51.1 Å². The van der Waals surface area contributed by atoms with E-state index in [0.29, 0.717) is 0 Å². The van der Waals surface area contributed by atoms with Crippen molar-refractivity contribution >= 4 is 33.1 Å². The summed E-state index contributed by atoms with van der Waals surface area (Å²) in [6.45, 7) is 4.18. The molecule has 0 fully saturated rings. The fourth-order valence-corrected chi connectivity index (χ4v) is 2.96. The molecule has 0 aliphatic carbocycles. The third-order valence-electron chi connectivity index (χ3n) is 2.48. The van der Waals surface area contributed by atoms with Crippen molar-refractivity contribution in [3.05, 3.63) is 27.2 Å². The second kappa shape index (κ2) is 5.14. The average Bonchev–Trinajstić information content (AvgIpc) is 2.69. The number of hydrogen-bond donors (Lipinski definition) is 1. The molecule has 0 spiro atoms. The lowest BCUT2D eigenvalue weighted by molar-refractivity contribution is 1.01. The van der Waals surface area contributed by atoms with Crippen LogP contribution >= 0.6 is 27.3 Å². The number of aromatic nitrogens is 2. The number of aryl methyl sites for hydroxylation is 2. The molecule has 0 radical (unpaired) electrons. The predicted octanol–water partition coefficient (Wildman–Crippen LogP) is 3.88. The molecule has 5 heteroatoms. The van der Waals surface area contributed by atoms with Crippen LogP contribution in [0.2, 0.25) is 0 Å². The number of hydrogen-bond acceptors (Lipinski definition) is 4. The van der Waals surface area contributed by atoms with Crippen molar-refractivity contribution in [1.29, 1.82) is 0 Å². The van der Waals surface area contributed by atoms with Crippen LogP contribution in [0.1, 0.15) is 17.5 Å². The summed E-state index contributed by atoms with van der Waals surface area (Å²) in [6.07, 6.45) is 0.912. The van der Waals surface area contributed by atoms with Gasteiger partial charge in [0, 0.05) is 28.2 Å². The summed E-state index contributed by atoms with van der Waals surface area (Å²) in [5.74, 6) is 1.67. The molecule has 0 saturated heterocycles. The summed E-state index contributed by atoms with van der Waals surface area (Å²) in [7, 11) is 1.88. The molecule has 0 atom stereocenters. The second-order valence-electron chi connectivity index (χ2n) is 3.69. The van der Waals surface area contributed by atoms with Crippen LogP contribution in [0.3, 0.4) is 0 Å². The summed E-state index contributed by atoms with van der Waals surface area (Å²) < 4.78 is 1.12. The van der Waals surface area contributed by atoms with Crippen molar-refractivity contribution in [2.45, 2.75) is 20.3 Å². The van der Waals surface area contributed by atoms with Crippen LogP contribution < -0.4 is 5.32 Å². The van der Waals surface area contributed by atoms with Gasteiger partial charge in [0.05, 0.1) is 4.88 Å². The van der Waals surface area contributed by atoms with Gasteiger partial charge in [0.2, 0.25) is 0 Å². The first-order chi connectivity index (χ1) is 8.13. The van der Waals surface area contributed by atoms with Gasteiger partial charge in [-0.2, -0.15) is 0 Å². The normalized spacial score (nSPS) is 10.6. The Labute approximate surface area is 113 Å². The van der Waals surface area contributed by atoms with Crippen molar-refractivity contribution in [2.75, 3.05) is 12.4 Å². The smallest absolute Gasteiger partial charge is 0.171 e. The zero-order valence-corrected chi connectivity index (χ0v) is 12.4. The highest BCUT2D eigenvalue weighted by Crippen LogP contribution is 2.32. The minimum Gasteiger partial charge on any atom is -0.373 e. The number of halogens is 1. The molecule has 1 N–H and O–H groups in total. The van der Waals surface area contributed by atoms with Crippen LogP contribution in [-0.2, 0) is 6.42 Å². The highest BCUT2D eigenvalue weighted by molar-refractivity contribution is 9.10. The summed E-state index contributed by atoms with van der Waals surface area (Å²) in [4.78, 5) is 11.4. The predicted molar refractivity (Wildman–Crippen MR) is 76.7 cm³/mol. The monoisotopic (exact) mass is 311 g/mol. The molecule has 0 amide bonds. The van der Waals surface area contributed by atoms with E-state index in [4.69, 9.17) is 0 Å². The van der Waals surface area contributed by atoms with Gasteiger partial charge < -0.3 is 5.32 Å². The van der Waals surface area contributed by atoms with Crippen molar-refractivity contribution in [2.24, 2.45) is 0 Å². The first kappa shape index (κ1) is 12.5. The Morgan fingerprint density at radius 2 is 2.12 bits per heavy atom. The minimum absolute atomic E-state index is 0.799. The van der Waals surface area contributed by atoms with Crippen LogP contribution in [0, 0.1) is 6.92 Å². The van der Waals surface area contributed by atoms with Crippen LogP contribution in [0.4, 0.5) is 5.82 Å². The fraction of sp³-hybridized carbons (Fsp3) is 0.333. The molecule has 0 unspecified atom stereocenters. The second-order valence-corrected chi connectivity index (χ2v) is 5.80. The Hall–Kier alpha value is -0.940. The molecule has 0 aromatic carbocycles. The molecule has 90 valence electrons. The SMILES string of the molecule is CCc1cc(NC)nc(-c2cc(Br)c(C)s2)n1. The molecule has 3 nitrogen and oxygen atoms in total. The molecule has 0 saturated carbocycles. The number of nitrogens with zero attached hydrogens (tertiary/aromatic N) is 2. The molecule has 2 heterocycles. The minimum atomic E-state index is 0.799. The molecule has 2 aromatic heterocycles. The highest BCUT2D eigenvalue weighted by Gasteiger charge is 2.10. The maximum Gasteiger partial charge on any atom is 0.171 e. The Balaban J connectivity index is 2.50. The van der Waals surface area contributed by atoms with E-state index in [1.165, 1.54) is 4.88 Å². The maximum absolute atomic E-state index is 4.56. The Bertz CT molecular complexity index is 495. The Morgan fingerprint density at radius 1 is 1.35 bits per heavy atom. The number of anilines is 1. The van der Waals surface area contributed by atoms with Gasteiger partial charge in [-0.05, 0) is 35.3 Å². The lowest BCUT2D eigenvalue weighted by Crippen LogP contribution is -1.99. The lowest BCUT2D eigenvalue weighted by atomic mass is 10.3. The molecule has 0 bridgehead atoms. The van der Waals surface area contributed by atoms with E-state index in [0.717, 1.165) is 33.1 Å². The van der Waals surface area contributed by atoms with Crippen molar-refractivity contribution < 1.29 is 0 Å². The maximum atomic E-state index is 4.56. The first-order valence-corrected chi connectivity index (χ1v) is 7.07. The van der Waals surface area contributed by atoms with Crippen molar-refractivity contribution in [3.63, 3.8) is 0 Å². The third-order valence-corrected chi connectivity index (χ3v) is 4.61. The summed E-state index contributed by atoms with van der Waals surface area (Å²) in [6, 6.07) is 4.06. The number of rotatable bonds is 3. The zero-order chi connectivity index (χ0) is 12.4. The summed E-state index contributed by atoms with van der Waals surface area (Å²) in [5.41, 5.74) is 1.06. The Kier molecular flexibility index (Phi) is 3.79. The van der Waals surface area contributed by atoms with Gasteiger partial charge in [-0.3, -0.25) is 0 Å². The van der Waals surface area contributed by atoms with Crippen LogP contribution in [-0.4, -0.2) is 17.0 Å². The average molecular weight is 312 g/mol. The number of nitrogens with one attached hydrogen (secondary N) is 1. The van der Waals surface area contributed by atoms with E-state index >= 15 is 0 Å². The summed E-state index contributed by atoms with van der Waals surface area (Å²) >= 11 is 5.23. The van der Waals surface area contributed by atoms with Crippen molar-refractivity contribution in [3.8, 4) is 10.7 Å². The molecule has 2 rings (SSSR count). The zero-order valence-electron chi connectivity index (χ0n) is 10.0. The van der Waals surface area contributed by atoms with Gasteiger partial charge in [-0.25, -0.2) is 9.97 Å². The standard InChI is InChI=1S/C12H14BrN3S/c1-4-8-5-11(14-3)16-12(15-8)10-6-9(13)7(2)17-10/h5-6H,4H2,1-3H3,(H,14,15,16). The van der Waals surface area contributed by atoms with Crippen LogP contribution in [0.15, 0.2) is 16.6 Å². The van der Waals surface area contributed by atoms with Gasteiger partial charge in [0.25, 0.3) is 0 Å². The summed E-state index contributed by atoms with van der Waals surface area (Å²) in [5, 5.41) is 3.08. The molecule has 2 aromatic rings. The first-order valence-electron chi connectivity index (χ1n) is 5.46. The van der Waals surface area contributed by atoms with E-state index < -0.39 is 0 Å². The largest absolute Gasteiger partial charge is 0.373 e. The third kappa shape index (κ3) is 2.66. The van der Waals surface area contributed by atoms with E-state index in [-0.39, 0.29) is 0 Å². The van der Waals surface area contributed by atoms with Gasteiger partial charge in [-0.1, -0.05) is 6.92 Å². The van der Waals surface area contributed by atoms with Gasteiger partial charge in [0.1, 0.15) is 5.82 Å². The number of thiophene rings is 1. The highest BCUT2D eigenvalue weighted by atomic mass is 79.9. The van der Waals surface area contributed by atoms with Gasteiger partial charge in [0.15, 0.2) is 5.82 Å². The molecule has 17 heavy (non-hydrogen) atoms. The van der Waals surface area contributed by atoms with Crippen LogP contribution in [0.5, 0.6) is 0 Å². The van der Waals surface area contributed by atoms with E-state index in [1.807, 2.05) is 13.1 Å². The van der Waals surface area contributed by atoms with E-state index in [1.54, 1.807) is 11.3 Å². The topological polar surface area (TPSA) is 37.8 Å². The van der Waals surface area contributed by atoms with E-state index in [9.17, 15) is 0 Å². The molecule has 0 aliphatic rings. The Morgan fingerprint density at radius 3 is 2.65 bits per heavy atom. The van der Waals surface area contributed by atoms with Gasteiger partial charge >= 0.3 is 0 Å². The van der Waals surface area contributed by atoms with Crippen molar-refractivity contribution in [1.82, 2.24) is 9.97 Å². The fourth-order valence-electron chi connectivity index (χ4n) is 1.49.